The summed E-state index contributed by atoms with van der Waals surface area (Å²) in [6, 6.07) is 9.94. The van der Waals surface area contributed by atoms with Gasteiger partial charge in [-0.15, -0.1) is 0 Å². The van der Waals surface area contributed by atoms with E-state index in [0.717, 1.165) is 0 Å². The Hall–Kier alpha value is -5.20. The predicted molar refractivity (Wildman–Crippen MR) is 164 cm³/mol. The fourth-order valence-electron chi connectivity index (χ4n) is 5.04. The molecule has 0 saturated carbocycles. The number of aryl methyl sites for hydroxylation is 1. The minimum atomic E-state index is -0.832. The maximum atomic E-state index is 13.9. The number of fused-ring (bicyclic) bond motifs is 5. The lowest BCUT2D eigenvalue weighted by Gasteiger charge is -2.26. The minimum Gasteiger partial charge on any atom is -0.493 e. The van der Waals surface area contributed by atoms with E-state index in [1.165, 1.54) is 11.1 Å². The lowest BCUT2D eigenvalue weighted by molar-refractivity contribution is -0.130. The maximum absolute atomic E-state index is 13.9. The largest absolute Gasteiger partial charge is 0.493 e. The molecule has 0 radical (unpaired) electrons. The van der Waals surface area contributed by atoms with Crippen molar-refractivity contribution in [1.82, 2.24) is 35.3 Å². The van der Waals surface area contributed by atoms with E-state index in [2.05, 4.69) is 25.7 Å². The number of pyridine rings is 1. The standard InChI is InChI=1S/C32H37N7O6/c1-19(2)29-30(41)34-17-24-21(4)45-31(36-24)22-10-11-25(43-5)26(15-22)44-14-8-13-38(18-28(40)37-29)32(42)23-16-35-39(20(23)3)27-9-6-7-12-33-27/h6-7,9-12,15-16,19,29H,8,13-14,17-18H2,1-5H3,(H,34,41)(H,37,40)/t29-/m0/s1. The first kappa shape index (κ1) is 31.2. The highest BCUT2D eigenvalue weighted by Crippen LogP contribution is 2.33. The minimum absolute atomic E-state index is 0.108. The number of nitrogens with one attached hydrogen (secondary N) is 2. The van der Waals surface area contributed by atoms with Crippen molar-refractivity contribution in [2.24, 2.45) is 5.92 Å². The molecule has 5 rings (SSSR count). The van der Waals surface area contributed by atoms with E-state index in [9.17, 15) is 14.4 Å². The molecule has 45 heavy (non-hydrogen) atoms. The summed E-state index contributed by atoms with van der Waals surface area (Å²) in [4.78, 5) is 50.8. The summed E-state index contributed by atoms with van der Waals surface area (Å²) >= 11 is 0. The fourth-order valence-corrected chi connectivity index (χ4v) is 5.04. The van der Waals surface area contributed by atoms with Gasteiger partial charge in [0.25, 0.3) is 5.91 Å². The van der Waals surface area contributed by atoms with E-state index in [1.807, 2.05) is 26.0 Å². The number of hydrogen-bond donors (Lipinski definition) is 2. The van der Waals surface area contributed by atoms with Crippen LogP contribution in [0.4, 0.5) is 0 Å². The van der Waals surface area contributed by atoms with Crippen LogP contribution in [0.15, 0.2) is 53.2 Å². The molecule has 1 aliphatic heterocycles. The van der Waals surface area contributed by atoms with Crippen LogP contribution in [0.1, 0.15) is 47.8 Å². The average molecular weight is 616 g/mol. The van der Waals surface area contributed by atoms with E-state index in [-0.39, 0.29) is 44.0 Å². The van der Waals surface area contributed by atoms with Crippen molar-refractivity contribution in [2.75, 3.05) is 26.8 Å². The Labute approximate surface area is 260 Å². The van der Waals surface area contributed by atoms with Crippen LogP contribution in [-0.2, 0) is 16.1 Å². The second kappa shape index (κ2) is 13.6. The van der Waals surface area contributed by atoms with E-state index in [1.54, 1.807) is 56.1 Å². The lowest BCUT2D eigenvalue weighted by atomic mass is 10.0. The van der Waals surface area contributed by atoms with Gasteiger partial charge in [0.05, 0.1) is 44.3 Å². The quantitative estimate of drug-likeness (QED) is 0.352. The van der Waals surface area contributed by atoms with Gasteiger partial charge in [-0.3, -0.25) is 14.4 Å². The molecule has 4 aromatic rings. The summed E-state index contributed by atoms with van der Waals surface area (Å²) in [5.41, 5.74) is 2.16. The molecule has 4 bridgehead atoms. The van der Waals surface area contributed by atoms with Gasteiger partial charge in [-0.25, -0.2) is 14.6 Å². The van der Waals surface area contributed by atoms with E-state index < -0.39 is 11.9 Å². The number of ether oxygens (including phenoxy) is 2. The molecule has 1 aliphatic rings. The van der Waals surface area contributed by atoms with Crippen molar-refractivity contribution in [3.63, 3.8) is 0 Å². The summed E-state index contributed by atoms with van der Waals surface area (Å²) in [7, 11) is 1.55. The van der Waals surface area contributed by atoms with Crippen molar-refractivity contribution in [3.8, 4) is 28.8 Å². The molecule has 4 heterocycles. The number of hydrogen-bond acceptors (Lipinski definition) is 9. The molecule has 0 saturated heterocycles. The van der Waals surface area contributed by atoms with Crippen LogP contribution in [0, 0.1) is 19.8 Å². The second-order valence-electron chi connectivity index (χ2n) is 11.1. The summed E-state index contributed by atoms with van der Waals surface area (Å²) in [6.45, 7) is 7.49. The van der Waals surface area contributed by atoms with Gasteiger partial charge in [0, 0.05) is 18.3 Å². The van der Waals surface area contributed by atoms with Crippen LogP contribution in [0.3, 0.4) is 0 Å². The fraction of sp³-hybridized carbons (Fsp3) is 0.375. The van der Waals surface area contributed by atoms with Gasteiger partial charge < -0.3 is 29.4 Å². The average Bonchev–Trinajstić information content (AvgIpc) is 3.61. The molecule has 236 valence electrons. The van der Waals surface area contributed by atoms with Crippen LogP contribution in [0.25, 0.3) is 17.3 Å². The molecular weight excluding hydrogens is 578 g/mol. The summed E-state index contributed by atoms with van der Waals surface area (Å²) < 4.78 is 19.1. The molecular formula is C32H37N7O6. The van der Waals surface area contributed by atoms with Crippen molar-refractivity contribution in [3.05, 3.63) is 71.5 Å². The van der Waals surface area contributed by atoms with Crippen LogP contribution in [0.2, 0.25) is 0 Å². The number of methoxy groups -OCH3 is 1. The number of benzene rings is 1. The van der Waals surface area contributed by atoms with Crippen molar-refractivity contribution >= 4 is 17.7 Å². The summed E-state index contributed by atoms with van der Waals surface area (Å²) in [5, 5.41) is 10.1. The van der Waals surface area contributed by atoms with Crippen molar-refractivity contribution < 1.29 is 28.3 Å². The molecule has 2 N–H and O–H groups in total. The van der Waals surface area contributed by atoms with Gasteiger partial charge in [-0.05, 0) is 56.5 Å². The summed E-state index contributed by atoms with van der Waals surface area (Å²) in [5.74, 6) is 1.06. The molecule has 0 unspecified atom stereocenters. The highest BCUT2D eigenvalue weighted by molar-refractivity contribution is 5.98. The molecule has 3 amide bonds. The van der Waals surface area contributed by atoms with Crippen LogP contribution < -0.4 is 20.1 Å². The first-order valence-corrected chi connectivity index (χ1v) is 14.8. The van der Waals surface area contributed by atoms with E-state index >= 15 is 0 Å². The molecule has 0 aliphatic carbocycles. The van der Waals surface area contributed by atoms with Crippen LogP contribution in [-0.4, -0.2) is 75.2 Å². The zero-order chi connectivity index (χ0) is 32.1. The van der Waals surface area contributed by atoms with Gasteiger partial charge in [-0.2, -0.15) is 5.10 Å². The number of aromatic nitrogens is 4. The van der Waals surface area contributed by atoms with Gasteiger partial charge in [0.1, 0.15) is 17.5 Å². The van der Waals surface area contributed by atoms with Gasteiger partial charge >= 0.3 is 0 Å². The Balaban J connectivity index is 1.44. The SMILES string of the molecule is COc1ccc2cc1OCCCN(C(=O)c1cnn(-c3ccccn3)c1C)CC(=O)N[C@@H](C(C)C)C(=O)NCc1nc-2oc1C. The third kappa shape index (κ3) is 6.97. The van der Waals surface area contributed by atoms with Crippen molar-refractivity contribution in [2.45, 2.75) is 46.7 Å². The highest BCUT2D eigenvalue weighted by atomic mass is 16.5. The van der Waals surface area contributed by atoms with Gasteiger partial charge in [0.2, 0.25) is 17.7 Å². The first-order valence-electron chi connectivity index (χ1n) is 14.8. The van der Waals surface area contributed by atoms with Gasteiger partial charge in [-0.1, -0.05) is 19.9 Å². The Bertz CT molecular complexity index is 1680. The number of rotatable bonds is 4. The Kier molecular flexibility index (Phi) is 9.45. The Morgan fingerprint density at radius 1 is 1.16 bits per heavy atom. The Morgan fingerprint density at radius 2 is 1.98 bits per heavy atom. The zero-order valence-electron chi connectivity index (χ0n) is 26.0. The predicted octanol–water partition coefficient (Wildman–Crippen LogP) is 3.23. The number of amides is 3. The molecule has 0 spiro atoms. The number of carbonyl (C=O) groups excluding carboxylic acids is 3. The maximum Gasteiger partial charge on any atom is 0.257 e. The topological polar surface area (TPSA) is 154 Å². The van der Waals surface area contributed by atoms with Gasteiger partial charge in [0.15, 0.2) is 17.3 Å². The lowest BCUT2D eigenvalue weighted by Crippen LogP contribution is -2.52. The number of nitrogens with zero attached hydrogens (tertiary/aromatic N) is 5. The third-order valence-electron chi connectivity index (χ3n) is 7.56. The molecule has 13 heteroatoms. The second-order valence-corrected chi connectivity index (χ2v) is 11.1. The normalized spacial score (nSPS) is 16.3. The monoisotopic (exact) mass is 615 g/mol. The number of carbonyl (C=O) groups is 3. The molecule has 13 nitrogen and oxygen atoms in total. The van der Waals surface area contributed by atoms with E-state index in [0.29, 0.717) is 57.9 Å². The smallest absolute Gasteiger partial charge is 0.257 e. The molecule has 3 aromatic heterocycles. The van der Waals surface area contributed by atoms with Crippen molar-refractivity contribution in [1.29, 1.82) is 0 Å². The summed E-state index contributed by atoms with van der Waals surface area (Å²) in [6.07, 6.45) is 3.52. The van der Waals surface area contributed by atoms with Crippen LogP contribution in [0.5, 0.6) is 11.5 Å². The number of oxazole rings is 1. The Morgan fingerprint density at radius 3 is 2.71 bits per heavy atom. The van der Waals surface area contributed by atoms with E-state index in [4.69, 9.17) is 13.9 Å². The van der Waals surface area contributed by atoms with Crippen LogP contribution >= 0.6 is 0 Å². The first-order chi connectivity index (χ1) is 21.7. The third-order valence-corrected chi connectivity index (χ3v) is 7.56. The zero-order valence-corrected chi connectivity index (χ0v) is 26.0. The highest BCUT2D eigenvalue weighted by Gasteiger charge is 2.28. The molecule has 1 atom stereocenters. The molecule has 1 aromatic carbocycles. The molecule has 0 fully saturated rings.